The molecule has 0 spiro atoms. The molecular formula is C40H36Cl2N4O6. The molecule has 2 aliphatic carbocycles. The second-order valence-electron chi connectivity index (χ2n) is 13.3. The van der Waals surface area contributed by atoms with Crippen molar-refractivity contribution < 1.29 is 30.0 Å². The Bertz CT molecular complexity index is 2180. The number of rotatable bonds is 7. The van der Waals surface area contributed by atoms with E-state index in [0.29, 0.717) is 44.8 Å². The van der Waals surface area contributed by atoms with Crippen LogP contribution in [0.3, 0.4) is 0 Å². The number of hydrogen-bond donors (Lipinski definition) is 6. The molecule has 4 aromatic rings. The van der Waals surface area contributed by atoms with Crippen molar-refractivity contribution in [2.75, 3.05) is 10.6 Å². The quantitative estimate of drug-likeness (QED) is 0.0795. The molecule has 0 radical (unpaired) electrons. The van der Waals surface area contributed by atoms with Crippen LogP contribution in [0.15, 0.2) is 72.7 Å². The Balaban J connectivity index is 1.64. The molecule has 6 N–H and O–H groups in total. The summed E-state index contributed by atoms with van der Waals surface area (Å²) in [6.07, 6.45) is 5.73. The molecule has 6 rings (SSSR count). The maximum Gasteiger partial charge on any atom is 0.229 e. The predicted octanol–water partition coefficient (Wildman–Crippen LogP) is 9.40. The number of phenolic OH excluding ortho intramolecular Hbond substituents is 2. The van der Waals surface area contributed by atoms with Gasteiger partial charge in [0.05, 0.1) is 22.5 Å². The van der Waals surface area contributed by atoms with Crippen molar-refractivity contribution in [3.63, 3.8) is 0 Å². The number of hydrogen-bond acceptors (Lipinski definition) is 10. The number of aromatic hydroxyl groups is 2. The number of aliphatic hydroxyl groups excluding tert-OH is 2. The summed E-state index contributed by atoms with van der Waals surface area (Å²) in [4.78, 5) is 35.7. The molecule has 0 bridgehead atoms. The molecule has 2 aromatic carbocycles. The number of Topliss-reactive ketones (excluding diaryl/α,β-unsaturated/α-hetero) is 2. The molecule has 0 saturated carbocycles. The molecule has 0 unspecified atom stereocenters. The fraction of sp³-hybridized carbons (Fsp3) is 0.200. The van der Waals surface area contributed by atoms with E-state index in [1.807, 2.05) is 27.7 Å². The Hall–Kier alpha value is -5.58. The molecule has 10 nitrogen and oxygen atoms in total. The minimum Gasteiger partial charge on any atom is -0.507 e. The lowest BCUT2D eigenvalue weighted by Gasteiger charge is -2.29. The number of nitrogens with one attached hydrogen (secondary N) is 2. The van der Waals surface area contributed by atoms with Crippen molar-refractivity contribution in [3.8, 4) is 22.6 Å². The van der Waals surface area contributed by atoms with Crippen LogP contribution in [-0.4, -0.2) is 42.0 Å². The Kier molecular flexibility index (Phi) is 9.65. The van der Waals surface area contributed by atoms with Gasteiger partial charge in [0.1, 0.15) is 11.5 Å². The second-order valence-corrected chi connectivity index (χ2v) is 14.0. The summed E-state index contributed by atoms with van der Waals surface area (Å²) >= 11 is 12.5. The van der Waals surface area contributed by atoms with E-state index in [9.17, 15) is 30.0 Å². The zero-order chi connectivity index (χ0) is 37.8. The van der Waals surface area contributed by atoms with E-state index >= 15 is 0 Å². The summed E-state index contributed by atoms with van der Waals surface area (Å²) in [5, 5.41) is 53.2. The zero-order valence-corrected chi connectivity index (χ0v) is 30.7. The highest BCUT2D eigenvalue weighted by Crippen LogP contribution is 2.53. The molecule has 12 heteroatoms. The van der Waals surface area contributed by atoms with E-state index in [-0.39, 0.29) is 67.0 Å². The van der Waals surface area contributed by atoms with Crippen LogP contribution in [0.2, 0.25) is 10.3 Å². The number of phenols is 2. The van der Waals surface area contributed by atoms with Crippen LogP contribution in [0.1, 0.15) is 61.1 Å². The van der Waals surface area contributed by atoms with Gasteiger partial charge in [0.2, 0.25) is 11.6 Å². The average Bonchev–Trinajstić information content (AvgIpc) is 3.08. The number of allylic oxidation sites excluding steroid dienone is 4. The molecule has 0 fully saturated rings. The number of fused-ring (bicyclic) bond motifs is 2. The molecule has 266 valence electrons. The van der Waals surface area contributed by atoms with Gasteiger partial charge in [0.25, 0.3) is 0 Å². The van der Waals surface area contributed by atoms with Gasteiger partial charge in [-0.1, -0.05) is 63.0 Å². The summed E-state index contributed by atoms with van der Waals surface area (Å²) in [6, 6.07) is 10.1. The van der Waals surface area contributed by atoms with Crippen LogP contribution in [-0.2, 0) is 9.59 Å². The van der Waals surface area contributed by atoms with E-state index in [1.165, 1.54) is 24.8 Å². The molecule has 0 aliphatic heterocycles. The lowest BCUT2D eigenvalue weighted by atomic mass is 9.75. The van der Waals surface area contributed by atoms with Crippen molar-refractivity contribution in [1.29, 1.82) is 0 Å². The van der Waals surface area contributed by atoms with Gasteiger partial charge in [-0.3, -0.25) is 9.59 Å². The molecule has 52 heavy (non-hydrogen) atoms. The topological polar surface area (TPSA) is 165 Å². The van der Waals surface area contributed by atoms with E-state index < -0.39 is 23.1 Å². The number of carbonyl (C=O) groups excluding carboxylic acids is 2. The fourth-order valence-corrected chi connectivity index (χ4v) is 7.26. The van der Waals surface area contributed by atoms with E-state index in [4.69, 9.17) is 23.2 Å². The van der Waals surface area contributed by atoms with Crippen LogP contribution in [0, 0.1) is 25.7 Å². The van der Waals surface area contributed by atoms with Crippen LogP contribution < -0.4 is 10.6 Å². The lowest BCUT2D eigenvalue weighted by Crippen LogP contribution is -2.20. The first-order valence-electron chi connectivity index (χ1n) is 16.5. The van der Waals surface area contributed by atoms with Gasteiger partial charge in [-0.2, -0.15) is 0 Å². The zero-order valence-electron chi connectivity index (χ0n) is 29.2. The number of aliphatic hydroxyl groups is 2. The van der Waals surface area contributed by atoms with Gasteiger partial charge < -0.3 is 31.1 Å². The molecular weight excluding hydrogens is 703 g/mol. The largest absolute Gasteiger partial charge is 0.507 e. The van der Waals surface area contributed by atoms with Gasteiger partial charge in [-0.05, 0) is 72.2 Å². The summed E-state index contributed by atoms with van der Waals surface area (Å²) in [7, 11) is 0. The fourth-order valence-electron chi connectivity index (χ4n) is 6.92. The highest BCUT2D eigenvalue weighted by Gasteiger charge is 2.38. The lowest BCUT2D eigenvalue weighted by molar-refractivity contribution is -0.113. The van der Waals surface area contributed by atoms with Crippen LogP contribution in [0.25, 0.3) is 33.4 Å². The number of ketones is 2. The number of nitrogens with zero attached hydrogens (tertiary/aromatic N) is 2. The third-order valence-corrected chi connectivity index (χ3v) is 9.81. The number of benzene rings is 2. The van der Waals surface area contributed by atoms with Crippen molar-refractivity contribution in [2.24, 2.45) is 11.8 Å². The average molecular weight is 740 g/mol. The van der Waals surface area contributed by atoms with Crippen LogP contribution in [0.4, 0.5) is 11.4 Å². The number of aryl methyl sites for hydroxylation is 2. The van der Waals surface area contributed by atoms with Crippen molar-refractivity contribution >= 4 is 68.4 Å². The molecule has 0 atom stereocenters. The van der Waals surface area contributed by atoms with Crippen molar-refractivity contribution in [2.45, 2.75) is 41.5 Å². The predicted molar refractivity (Wildman–Crippen MR) is 205 cm³/mol. The van der Waals surface area contributed by atoms with E-state index in [2.05, 4.69) is 20.6 Å². The SMILES string of the molecule is Cc1cc2c(c(O)c1-c1c(C)cc3c(c1O)/C(=C/Nc1cccnc1Cl)C(=O)C(O)=C3C(C)C)/C(=C/Nc1cccnc1Cl)C(=O)C(O)=C2C(C)C. The number of halogens is 2. The van der Waals surface area contributed by atoms with Gasteiger partial charge in [-0.15, -0.1) is 0 Å². The number of carbonyl (C=O) groups is 2. The van der Waals surface area contributed by atoms with Gasteiger partial charge in [0, 0.05) is 58.2 Å². The summed E-state index contributed by atoms with van der Waals surface area (Å²) in [5.74, 6) is -3.61. The Morgan fingerprint density at radius 2 is 1.00 bits per heavy atom. The summed E-state index contributed by atoms with van der Waals surface area (Å²) < 4.78 is 0. The summed E-state index contributed by atoms with van der Waals surface area (Å²) in [5.41, 5.74) is 4.00. The first-order chi connectivity index (χ1) is 24.6. The van der Waals surface area contributed by atoms with Crippen LogP contribution in [0.5, 0.6) is 11.5 Å². The molecule has 0 amide bonds. The minimum atomic E-state index is -0.724. The third-order valence-electron chi connectivity index (χ3n) is 9.21. The van der Waals surface area contributed by atoms with Crippen LogP contribution >= 0.6 is 23.2 Å². The van der Waals surface area contributed by atoms with Crippen molar-refractivity contribution in [3.05, 3.63) is 116 Å². The maximum atomic E-state index is 13.8. The second kappa shape index (κ2) is 13.9. The number of aromatic nitrogens is 2. The third kappa shape index (κ3) is 5.97. The highest BCUT2D eigenvalue weighted by molar-refractivity contribution is 6.36. The molecule has 2 aliphatic rings. The first kappa shape index (κ1) is 36.2. The van der Waals surface area contributed by atoms with Crippen molar-refractivity contribution in [1.82, 2.24) is 9.97 Å². The minimum absolute atomic E-state index is 0.0473. The van der Waals surface area contributed by atoms with E-state index in [0.717, 1.165) is 0 Å². The maximum absolute atomic E-state index is 13.8. The number of pyridine rings is 2. The first-order valence-corrected chi connectivity index (χ1v) is 17.3. The smallest absolute Gasteiger partial charge is 0.229 e. The van der Waals surface area contributed by atoms with E-state index in [1.54, 1.807) is 50.2 Å². The van der Waals surface area contributed by atoms with Gasteiger partial charge in [0.15, 0.2) is 21.8 Å². The Morgan fingerprint density at radius 3 is 1.33 bits per heavy atom. The monoisotopic (exact) mass is 738 g/mol. The Labute approximate surface area is 310 Å². The highest BCUT2D eigenvalue weighted by atomic mass is 35.5. The normalized spacial score (nSPS) is 16.0. The number of anilines is 2. The van der Waals surface area contributed by atoms with Gasteiger partial charge >= 0.3 is 0 Å². The molecule has 2 aromatic heterocycles. The standard InChI is InChI=1S/C40H36Cl2N4O6/c1-17(2)27-21-13-19(5)29(35(49)31(21)23(33(47)37(27)51)15-45-25-9-7-11-43-39(25)41)30-20(6)14-22-28(18(3)4)38(52)34(48)24(32(22)36(30)50)16-46-26-10-8-12-44-40(26)42/h7-18,45-46,49-52H,1-6H3/b23-15-,24-16-. The molecule has 2 heterocycles. The van der Waals surface area contributed by atoms with Gasteiger partial charge in [-0.25, -0.2) is 9.97 Å². The molecule has 0 saturated heterocycles. The Morgan fingerprint density at radius 1 is 0.635 bits per heavy atom. The summed E-state index contributed by atoms with van der Waals surface area (Å²) in [6.45, 7) is 10.8.